The molecular formula is C11H15NO3. The van der Waals surface area contributed by atoms with Gasteiger partial charge in [0.1, 0.15) is 5.75 Å². The van der Waals surface area contributed by atoms with Gasteiger partial charge in [-0.05, 0) is 37.1 Å². The lowest BCUT2D eigenvalue weighted by Crippen LogP contribution is -2.12. The Morgan fingerprint density at radius 2 is 1.80 bits per heavy atom. The number of anilines is 1. The SMILES string of the molecule is COC(=O)Nc1cc(C)c(C)cc1OC. The Morgan fingerprint density at radius 3 is 2.33 bits per heavy atom. The van der Waals surface area contributed by atoms with E-state index in [2.05, 4.69) is 10.1 Å². The summed E-state index contributed by atoms with van der Waals surface area (Å²) in [6.45, 7) is 3.96. The molecule has 0 aliphatic heterocycles. The minimum atomic E-state index is -0.503. The fourth-order valence-electron chi connectivity index (χ4n) is 1.22. The predicted octanol–water partition coefficient (Wildman–Crippen LogP) is 2.49. The summed E-state index contributed by atoms with van der Waals surface area (Å²) < 4.78 is 9.67. The van der Waals surface area contributed by atoms with Gasteiger partial charge in [0, 0.05) is 0 Å². The Balaban J connectivity index is 3.05. The molecule has 4 heteroatoms. The molecule has 1 N–H and O–H groups in total. The van der Waals surface area contributed by atoms with Crippen LogP contribution in [0.5, 0.6) is 5.75 Å². The first-order valence-electron chi connectivity index (χ1n) is 4.58. The summed E-state index contributed by atoms with van der Waals surface area (Å²) in [5, 5.41) is 2.59. The lowest BCUT2D eigenvalue weighted by atomic mass is 10.1. The number of benzene rings is 1. The quantitative estimate of drug-likeness (QED) is 0.814. The number of carbonyl (C=O) groups is 1. The smallest absolute Gasteiger partial charge is 0.411 e. The third-order valence-corrected chi connectivity index (χ3v) is 2.24. The van der Waals surface area contributed by atoms with Crippen LogP contribution in [0.15, 0.2) is 12.1 Å². The number of nitrogens with one attached hydrogen (secondary N) is 1. The molecule has 0 spiro atoms. The second-order valence-electron chi connectivity index (χ2n) is 3.25. The first-order chi connectivity index (χ1) is 7.08. The summed E-state index contributed by atoms with van der Waals surface area (Å²) in [4.78, 5) is 11.1. The molecular weight excluding hydrogens is 194 g/mol. The largest absolute Gasteiger partial charge is 0.495 e. The molecule has 0 fully saturated rings. The Hall–Kier alpha value is -1.71. The van der Waals surface area contributed by atoms with E-state index >= 15 is 0 Å². The molecule has 0 atom stereocenters. The molecule has 0 radical (unpaired) electrons. The van der Waals surface area contributed by atoms with E-state index in [-0.39, 0.29) is 0 Å². The fourth-order valence-corrected chi connectivity index (χ4v) is 1.22. The van der Waals surface area contributed by atoms with Crippen LogP contribution in [0.2, 0.25) is 0 Å². The highest BCUT2D eigenvalue weighted by molar-refractivity contribution is 5.87. The number of rotatable bonds is 2. The van der Waals surface area contributed by atoms with Crippen LogP contribution in [0.4, 0.5) is 10.5 Å². The zero-order chi connectivity index (χ0) is 11.4. The van der Waals surface area contributed by atoms with E-state index < -0.39 is 6.09 Å². The molecule has 0 saturated carbocycles. The Kier molecular flexibility index (Phi) is 3.55. The van der Waals surface area contributed by atoms with Crippen LogP contribution in [0, 0.1) is 13.8 Å². The maximum atomic E-state index is 11.1. The van der Waals surface area contributed by atoms with Crippen molar-refractivity contribution in [2.75, 3.05) is 19.5 Å². The number of hydrogen-bond acceptors (Lipinski definition) is 3. The van der Waals surface area contributed by atoms with Crippen LogP contribution in [-0.2, 0) is 4.74 Å². The van der Waals surface area contributed by atoms with Crippen LogP contribution in [0.25, 0.3) is 0 Å². The normalized spacial score (nSPS) is 9.60. The van der Waals surface area contributed by atoms with Gasteiger partial charge in [-0.25, -0.2) is 4.79 Å². The van der Waals surface area contributed by atoms with E-state index in [1.165, 1.54) is 7.11 Å². The monoisotopic (exact) mass is 209 g/mol. The molecule has 0 aliphatic rings. The maximum absolute atomic E-state index is 11.1. The highest BCUT2D eigenvalue weighted by atomic mass is 16.5. The summed E-state index contributed by atoms with van der Waals surface area (Å²) in [6.07, 6.45) is -0.503. The van der Waals surface area contributed by atoms with Crippen LogP contribution in [-0.4, -0.2) is 20.3 Å². The van der Waals surface area contributed by atoms with E-state index in [9.17, 15) is 4.79 Å². The third kappa shape index (κ3) is 2.62. The van der Waals surface area contributed by atoms with Crippen molar-refractivity contribution in [2.45, 2.75) is 13.8 Å². The molecule has 0 saturated heterocycles. The average molecular weight is 209 g/mol. The average Bonchev–Trinajstić information content (AvgIpc) is 2.22. The van der Waals surface area contributed by atoms with Gasteiger partial charge in [0.05, 0.1) is 19.9 Å². The van der Waals surface area contributed by atoms with Gasteiger partial charge in [0.2, 0.25) is 0 Å². The molecule has 0 bridgehead atoms. The Morgan fingerprint density at radius 1 is 1.20 bits per heavy atom. The zero-order valence-electron chi connectivity index (χ0n) is 9.38. The third-order valence-electron chi connectivity index (χ3n) is 2.24. The van der Waals surface area contributed by atoms with Crippen LogP contribution >= 0.6 is 0 Å². The molecule has 1 aromatic rings. The number of carbonyl (C=O) groups excluding carboxylic acids is 1. The fraction of sp³-hybridized carbons (Fsp3) is 0.364. The molecule has 1 amide bonds. The number of hydrogen-bond donors (Lipinski definition) is 1. The molecule has 1 rings (SSSR count). The minimum absolute atomic E-state index is 0.503. The number of aryl methyl sites for hydroxylation is 2. The highest BCUT2D eigenvalue weighted by Gasteiger charge is 2.08. The van der Waals surface area contributed by atoms with Gasteiger partial charge in [0.15, 0.2) is 0 Å². The number of ether oxygens (including phenoxy) is 2. The molecule has 82 valence electrons. The zero-order valence-corrected chi connectivity index (χ0v) is 9.38. The van der Waals surface area contributed by atoms with Gasteiger partial charge < -0.3 is 9.47 Å². The molecule has 15 heavy (non-hydrogen) atoms. The van der Waals surface area contributed by atoms with E-state index in [1.54, 1.807) is 7.11 Å². The summed E-state index contributed by atoms with van der Waals surface area (Å²) in [5.74, 6) is 0.628. The van der Waals surface area contributed by atoms with Crippen molar-refractivity contribution < 1.29 is 14.3 Å². The van der Waals surface area contributed by atoms with Crippen molar-refractivity contribution >= 4 is 11.8 Å². The topological polar surface area (TPSA) is 47.6 Å². The first-order valence-corrected chi connectivity index (χ1v) is 4.58. The molecule has 0 aliphatic carbocycles. The Labute approximate surface area is 89.2 Å². The van der Waals surface area contributed by atoms with Crippen molar-refractivity contribution in [1.82, 2.24) is 0 Å². The maximum Gasteiger partial charge on any atom is 0.411 e. The van der Waals surface area contributed by atoms with Crippen LogP contribution in [0.1, 0.15) is 11.1 Å². The molecule has 0 unspecified atom stereocenters. The van der Waals surface area contributed by atoms with Crippen molar-refractivity contribution in [3.05, 3.63) is 23.3 Å². The Bertz CT molecular complexity index is 374. The van der Waals surface area contributed by atoms with Crippen molar-refractivity contribution in [3.8, 4) is 5.75 Å². The second kappa shape index (κ2) is 4.68. The number of amides is 1. The lowest BCUT2D eigenvalue weighted by molar-refractivity contribution is 0.187. The standard InChI is InChI=1S/C11H15NO3/c1-7-5-9(12-11(13)15-4)10(14-3)6-8(7)2/h5-6H,1-4H3,(H,12,13). The minimum Gasteiger partial charge on any atom is -0.495 e. The molecule has 0 heterocycles. The highest BCUT2D eigenvalue weighted by Crippen LogP contribution is 2.27. The van der Waals surface area contributed by atoms with Crippen molar-refractivity contribution in [1.29, 1.82) is 0 Å². The van der Waals surface area contributed by atoms with Gasteiger partial charge in [-0.2, -0.15) is 0 Å². The van der Waals surface area contributed by atoms with Crippen molar-refractivity contribution in [2.24, 2.45) is 0 Å². The van der Waals surface area contributed by atoms with E-state index in [0.29, 0.717) is 11.4 Å². The second-order valence-corrected chi connectivity index (χ2v) is 3.25. The molecule has 4 nitrogen and oxygen atoms in total. The summed E-state index contributed by atoms with van der Waals surface area (Å²) in [5.41, 5.74) is 2.82. The summed E-state index contributed by atoms with van der Waals surface area (Å²) in [6, 6.07) is 3.73. The van der Waals surface area contributed by atoms with Crippen molar-refractivity contribution in [3.63, 3.8) is 0 Å². The van der Waals surface area contributed by atoms with Gasteiger partial charge in [-0.15, -0.1) is 0 Å². The lowest BCUT2D eigenvalue weighted by Gasteiger charge is -2.11. The van der Waals surface area contributed by atoms with Crippen LogP contribution in [0.3, 0.4) is 0 Å². The van der Waals surface area contributed by atoms with Gasteiger partial charge in [-0.3, -0.25) is 5.32 Å². The van der Waals surface area contributed by atoms with Crippen LogP contribution < -0.4 is 10.1 Å². The van der Waals surface area contributed by atoms with Gasteiger partial charge >= 0.3 is 6.09 Å². The summed E-state index contributed by atoms with van der Waals surface area (Å²) >= 11 is 0. The predicted molar refractivity (Wildman–Crippen MR) is 58.5 cm³/mol. The molecule has 1 aromatic carbocycles. The number of methoxy groups -OCH3 is 2. The molecule has 0 aromatic heterocycles. The van der Waals surface area contributed by atoms with Gasteiger partial charge in [0.25, 0.3) is 0 Å². The van der Waals surface area contributed by atoms with Gasteiger partial charge in [-0.1, -0.05) is 0 Å². The first kappa shape index (κ1) is 11.4. The summed E-state index contributed by atoms with van der Waals surface area (Å²) in [7, 11) is 2.88. The van der Waals surface area contributed by atoms with E-state index in [0.717, 1.165) is 11.1 Å². The van der Waals surface area contributed by atoms with E-state index in [1.807, 2.05) is 26.0 Å². The van der Waals surface area contributed by atoms with E-state index in [4.69, 9.17) is 4.74 Å².